The van der Waals surface area contributed by atoms with Gasteiger partial charge in [-0.15, -0.1) is 0 Å². The molecule has 0 unspecified atom stereocenters. The molecule has 2 saturated carbocycles. The van der Waals surface area contributed by atoms with E-state index in [1.54, 1.807) is 0 Å². The predicted molar refractivity (Wildman–Crippen MR) is 74.2 cm³/mol. The minimum Gasteiger partial charge on any atom is -0.338 e. The van der Waals surface area contributed by atoms with Gasteiger partial charge in [0.15, 0.2) is 0 Å². The molecule has 2 N–H and O–H groups in total. The molecule has 0 spiro atoms. The highest BCUT2D eigenvalue weighted by Crippen LogP contribution is 2.29. The van der Waals surface area contributed by atoms with Crippen LogP contribution in [0.25, 0.3) is 0 Å². The highest BCUT2D eigenvalue weighted by molar-refractivity contribution is 5.76. The van der Waals surface area contributed by atoms with Gasteiger partial charge < -0.3 is 10.6 Å². The minimum atomic E-state index is 0.374. The summed E-state index contributed by atoms with van der Waals surface area (Å²) in [6.07, 6.45) is 12.2. The molecular weight excluding hydrogens is 224 g/mol. The third-order valence-corrected chi connectivity index (χ3v) is 4.64. The fourth-order valence-electron chi connectivity index (χ4n) is 3.62. The number of nitrogens with two attached hydrogens (primary N) is 1. The monoisotopic (exact) mass is 252 g/mol. The zero-order valence-electron chi connectivity index (χ0n) is 11.6. The summed E-state index contributed by atoms with van der Waals surface area (Å²) >= 11 is 0. The molecule has 3 heteroatoms. The number of nitrogens with zero attached hydrogens (tertiary/aromatic N) is 1. The van der Waals surface area contributed by atoms with E-state index in [-0.39, 0.29) is 0 Å². The van der Waals surface area contributed by atoms with Crippen molar-refractivity contribution in [3.8, 4) is 0 Å². The van der Waals surface area contributed by atoms with Gasteiger partial charge >= 0.3 is 0 Å². The third kappa shape index (κ3) is 3.71. The molecule has 1 amide bonds. The Morgan fingerprint density at radius 1 is 1.00 bits per heavy atom. The van der Waals surface area contributed by atoms with Gasteiger partial charge in [-0.05, 0) is 31.6 Å². The molecule has 0 aliphatic heterocycles. The second kappa shape index (κ2) is 7.13. The van der Waals surface area contributed by atoms with E-state index in [0.717, 1.165) is 13.0 Å². The summed E-state index contributed by atoms with van der Waals surface area (Å²) in [5, 5.41) is 0. The van der Waals surface area contributed by atoms with Crippen molar-refractivity contribution in [1.29, 1.82) is 0 Å². The first-order chi connectivity index (χ1) is 8.81. The number of carbonyl (C=O) groups excluding carboxylic acids is 1. The lowest BCUT2D eigenvalue weighted by molar-refractivity contribution is -0.135. The smallest absolute Gasteiger partial charge is 0.223 e. The maximum atomic E-state index is 12.5. The lowest BCUT2D eigenvalue weighted by Gasteiger charge is -2.35. The van der Waals surface area contributed by atoms with Gasteiger partial charge in [0.05, 0.1) is 0 Å². The van der Waals surface area contributed by atoms with Crippen LogP contribution in [0, 0.1) is 5.92 Å². The fourth-order valence-corrected chi connectivity index (χ4v) is 3.62. The number of hydrogen-bond acceptors (Lipinski definition) is 2. The molecule has 18 heavy (non-hydrogen) atoms. The van der Waals surface area contributed by atoms with Crippen LogP contribution in [-0.2, 0) is 4.79 Å². The first kappa shape index (κ1) is 13.9. The Bertz CT molecular complexity index is 255. The molecule has 2 aliphatic rings. The lowest BCUT2D eigenvalue weighted by atomic mass is 9.93. The Morgan fingerprint density at radius 3 is 2.22 bits per heavy atom. The molecule has 3 nitrogen and oxygen atoms in total. The maximum Gasteiger partial charge on any atom is 0.223 e. The van der Waals surface area contributed by atoms with Crippen molar-refractivity contribution in [3.63, 3.8) is 0 Å². The quantitative estimate of drug-likeness (QED) is 0.817. The summed E-state index contributed by atoms with van der Waals surface area (Å²) < 4.78 is 0. The van der Waals surface area contributed by atoms with Crippen LogP contribution in [0.3, 0.4) is 0 Å². The zero-order valence-corrected chi connectivity index (χ0v) is 11.6. The van der Waals surface area contributed by atoms with Crippen molar-refractivity contribution in [2.24, 2.45) is 11.7 Å². The highest BCUT2D eigenvalue weighted by Gasteiger charge is 2.27. The summed E-state index contributed by atoms with van der Waals surface area (Å²) in [4.78, 5) is 14.6. The number of carbonyl (C=O) groups is 1. The normalized spacial score (nSPS) is 22.3. The molecule has 0 saturated heterocycles. The van der Waals surface area contributed by atoms with Crippen molar-refractivity contribution in [1.82, 2.24) is 4.90 Å². The molecule has 2 aliphatic carbocycles. The molecule has 0 atom stereocenters. The van der Waals surface area contributed by atoms with Gasteiger partial charge in [-0.25, -0.2) is 0 Å². The molecular formula is C15H28N2O. The van der Waals surface area contributed by atoms with Gasteiger partial charge in [-0.1, -0.05) is 32.1 Å². The van der Waals surface area contributed by atoms with E-state index < -0.39 is 0 Å². The SMILES string of the molecule is NCCN(C(=O)CC1CCCC1)C1CCCCC1. The Hall–Kier alpha value is -0.570. The van der Waals surface area contributed by atoms with Crippen LogP contribution >= 0.6 is 0 Å². The van der Waals surface area contributed by atoms with Gasteiger partial charge in [-0.3, -0.25) is 4.79 Å². The van der Waals surface area contributed by atoms with Crippen molar-refractivity contribution in [3.05, 3.63) is 0 Å². The average molecular weight is 252 g/mol. The minimum absolute atomic E-state index is 0.374. The summed E-state index contributed by atoms with van der Waals surface area (Å²) in [7, 11) is 0. The molecule has 0 heterocycles. The van der Waals surface area contributed by atoms with Gasteiger partial charge in [0.25, 0.3) is 0 Å². The number of amides is 1. The van der Waals surface area contributed by atoms with Crippen LogP contribution in [0.5, 0.6) is 0 Å². The van der Waals surface area contributed by atoms with Crippen LogP contribution in [-0.4, -0.2) is 29.9 Å². The van der Waals surface area contributed by atoms with Crippen LogP contribution in [0.1, 0.15) is 64.2 Å². The molecule has 0 aromatic rings. The van der Waals surface area contributed by atoms with Crippen LogP contribution in [0.2, 0.25) is 0 Å². The summed E-state index contributed by atoms with van der Waals surface area (Å²) in [5.74, 6) is 1.03. The summed E-state index contributed by atoms with van der Waals surface area (Å²) in [6.45, 7) is 1.36. The molecule has 2 rings (SSSR count). The highest BCUT2D eigenvalue weighted by atomic mass is 16.2. The predicted octanol–water partition coefficient (Wildman–Crippen LogP) is 2.69. The van der Waals surface area contributed by atoms with Crippen LogP contribution < -0.4 is 5.73 Å². The Balaban J connectivity index is 1.87. The largest absolute Gasteiger partial charge is 0.338 e. The maximum absolute atomic E-state index is 12.5. The van der Waals surface area contributed by atoms with E-state index in [4.69, 9.17) is 5.73 Å². The van der Waals surface area contributed by atoms with E-state index in [1.807, 2.05) is 0 Å². The zero-order chi connectivity index (χ0) is 12.8. The van der Waals surface area contributed by atoms with Crippen molar-refractivity contribution >= 4 is 5.91 Å². The van der Waals surface area contributed by atoms with E-state index in [0.29, 0.717) is 24.4 Å². The van der Waals surface area contributed by atoms with Crippen LogP contribution in [0.15, 0.2) is 0 Å². The third-order valence-electron chi connectivity index (χ3n) is 4.64. The van der Waals surface area contributed by atoms with E-state index in [2.05, 4.69) is 4.90 Å². The fraction of sp³-hybridized carbons (Fsp3) is 0.933. The molecule has 104 valence electrons. The topological polar surface area (TPSA) is 46.3 Å². The van der Waals surface area contributed by atoms with Gasteiger partial charge in [0.2, 0.25) is 5.91 Å². The van der Waals surface area contributed by atoms with Crippen molar-refractivity contribution in [2.45, 2.75) is 70.3 Å². The van der Waals surface area contributed by atoms with E-state index in [9.17, 15) is 4.79 Å². The summed E-state index contributed by atoms with van der Waals surface area (Å²) in [6, 6.07) is 0.483. The lowest BCUT2D eigenvalue weighted by Crippen LogP contribution is -2.44. The number of rotatable bonds is 5. The van der Waals surface area contributed by atoms with Crippen LogP contribution in [0.4, 0.5) is 0 Å². The summed E-state index contributed by atoms with van der Waals surface area (Å²) in [5.41, 5.74) is 5.69. The van der Waals surface area contributed by atoms with E-state index >= 15 is 0 Å². The average Bonchev–Trinajstić information content (AvgIpc) is 2.89. The Kier molecular flexibility index (Phi) is 5.48. The molecule has 0 aromatic heterocycles. The number of hydrogen-bond donors (Lipinski definition) is 1. The van der Waals surface area contributed by atoms with Gasteiger partial charge in [0.1, 0.15) is 0 Å². The second-order valence-corrected chi connectivity index (χ2v) is 6.02. The van der Waals surface area contributed by atoms with Gasteiger partial charge in [0, 0.05) is 25.6 Å². The molecule has 0 radical (unpaired) electrons. The van der Waals surface area contributed by atoms with Crippen molar-refractivity contribution < 1.29 is 4.79 Å². The molecule has 0 bridgehead atoms. The molecule has 0 aromatic carbocycles. The second-order valence-electron chi connectivity index (χ2n) is 6.02. The first-order valence-corrected chi connectivity index (χ1v) is 7.81. The Labute approximate surface area is 111 Å². The van der Waals surface area contributed by atoms with E-state index in [1.165, 1.54) is 57.8 Å². The first-order valence-electron chi connectivity index (χ1n) is 7.81. The van der Waals surface area contributed by atoms with Gasteiger partial charge in [-0.2, -0.15) is 0 Å². The van der Waals surface area contributed by atoms with Crippen molar-refractivity contribution in [2.75, 3.05) is 13.1 Å². The standard InChI is InChI=1S/C15H28N2O/c16-10-11-17(14-8-2-1-3-9-14)15(18)12-13-6-4-5-7-13/h13-14H,1-12,16H2. The Morgan fingerprint density at radius 2 is 1.61 bits per heavy atom. The molecule has 2 fully saturated rings.